The Bertz CT molecular complexity index is 1170. The quantitative estimate of drug-likeness (QED) is 0.411. The first-order valence-corrected chi connectivity index (χ1v) is 10.7. The number of pyridine rings is 1. The number of amides is 1. The number of halogens is 2. The highest BCUT2D eigenvalue weighted by molar-refractivity contribution is 9.10. The highest BCUT2D eigenvalue weighted by Gasteiger charge is 2.16. The number of ether oxygens (including phenoxy) is 1. The van der Waals surface area contributed by atoms with Crippen LogP contribution in [0.1, 0.15) is 26.1 Å². The van der Waals surface area contributed by atoms with Gasteiger partial charge in [-0.3, -0.25) is 4.79 Å². The first-order chi connectivity index (χ1) is 14.0. The van der Waals surface area contributed by atoms with Crippen LogP contribution in [-0.4, -0.2) is 20.3 Å². The Balaban J connectivity index is 1.40. The van der Waals surface area contributed by atoms with E-state index < -0.39 is 0 Å². The maximum atomic E-state index is 12.7. The lowest BCUT2D eigenvalue weighted by atomic mass is 10.3. The van der Waals surface area contributed by atoms with Gasteiger partial charge in [0.05, 0.1) is 24.1 Å². The van der Waals surface area contributed by atoms with Crippen molar-refractivity contribution >= 4 is 50.4 Å². The fourth-order valence-corrected chi connectivity index (χ4v) is 4.14. The number of rotatable bonds is 6. The van der Waals surface area contributed by atoms with Gasteiger partial charge >= 0.3 is 0 Å². The maximum Gasteiger partial charge on any atom is 0.263 e. The van der Waals surface area contributed by atoms with Crippen molar-refractivity contribution in [2.75, 3.05) is 0 Å². The van der Waals surface area contributed by atoms with E-state index in [2.05, 4.69) is 31.2 Å². The number of aryl methyl sites for hydroxylation is 1. The van der Waals surface area contributed by atoms with Crippen molar-refractivity contribution in [2.45, 2.75) is 20.1 Å². The third-order valence-corrected chi connectivity index (χ3v) is 6.05. The number of thiazole rings is 1. The summed E-state index contributed by atoms with van der Waals surface area (Å²) in [7, 11) is 0. The second-order valence-electron chi connectivity index (χ2n) is 6.27. The molecule has 0 radical (unpaired) electrons. The minimum Gasteiger partial charge on any atom is -0.486 e. The summed E-state index contributed by atoms with van der Waals surface area (Å²) in [4.78, 5) is 22.0. The third kappa shape index (κ3) is 4.60. The largest absolute Gasteiger partial charge is 0.486 e. The fraction of sp³-hybridized carbons (Fsp3) is 0.150. The van der Waals surface area contributed by atoms with Crippen molar-refractivity contribution < 1.29 is 9.53 Å². The van der Waals surface area contributed by atoms with Gasteiger partial charge < -0.3 is 14.5 Å². The summed E-state index contributed by atoms with van der Waals surface area (Å²) in [6.07, 6.45) is 3.68. The Morgan fingerprint density at radius 1 is 1.28 bits per heavy atom. The summed E-state index contributed by atoms with van der Waals surface area (Å²) >= 11 is 10.7. The van der Waals surface area contributed by atoms with Crippen molar-refractivity contribution in [3.63, 3.8) is 0 Å². The number of nitrogens with zero attached hydrogens (tertiary/aromatic N) is 3. The predicted octanol–water partition coefficient (Wildman–Crippen LogP) is 5.02. The fourth-order valence-electron chi connectivity index (χ4n) is 2.79. The summed E-state index contributed by atoms with van der Waals surface area (Å²) in [5, 5.41) is 4.34. The van der Waals surface area contributed by atoms with E-state index in [1.54, 1.807) is 30.5 Å². The van der Waals surface area contributed by atoms with E-state index in [0.29, 0.717) is 34.5 Å². The molecule has 0 bridgehead atoms. The van der Waals surface area contributed by atoms with Crippen LogP contribution in [0.4, 0.5) is 0 Å². The van der Waals surface area contributed by atoms with Gasteiger partial charge in [-0.25, -0.2) is 9.97 Å². The van der Waals surface area contributed by atoms with Crippen LogP contribution < -0.4 is 10.1 Å². The summed E-state index contributed by atoms with van der Waals surface area (Å²) in [5.74, 6) is 0.537. The van der Waals surface area contributed by atoms with Gasteiger partial charge in [-0.1, -0.05) is 11.6 Å². The zero-order chi connectivity index (χ0) is 20.4. The lowest BCUT2D eigenvalue weighted by Crippen LogP contribution is -2.23. The molecule has 0 saturated carbocycles. The zero-order valence-corrected chi connectivity index (χ0v) is 18.5. The molecular weight excluding hydrogens is 476 g/mol. The molecule has 0 unspecified atom stereocenters. The molecule has 0 aliphatic heterocycles. The van der Waals surface area contributed by atoms with Crippen molar-refractivity contribution in [3.8, 4) is 5.75 Å². The lowest BCUT2D eigenvalue weighted by Gasteiger charge is -2.05. The van der Waals surface area contributed by atoms with Crippen molar-refractivity contribution in [3.05, 3.63) is 79.6 Å². The SMILES string of the molecule is Cc1nc(COc2ccc(Cl)cc2)sc1C(=O)NCc1cnc2ccc(Br)cn12. The Morgan fingerprint density at radius 3 is 2.86 bits per heavy atom. The molecule has 1 N–H and O–H groups in total. The van der Waals surface area contributed by atoms with Crippen LogP contribution in [0.15, 0.2) is 53.3 Å². The van der Waals surface area contributed by atoms with Gasteiger partial charge in [0, 0.05) is 15.7 Å². The highest BCUT2D eigenvalue weighted by Crippen LogP contribution is 2.22. The molecule has 29 heavy (non-hydrogen) atoms. The number of carbonyl (C=O) groups is 1. The summed E-state index contributed by atoms with van der Waals surface area (Å²) in [6, 6.07) is 11.0. The van der Waals surface area contributed by atoms with Gasteiger partial charge in [-0.05, 0) is 59.3 Å². The van der Waals surface area contributed by atoms with E-state index in [4.69, 9.17) is 16.3 Å². The molecule has 6 nitrogen and oxygen atoms in total. The molecule has 0 aliphatic rings. The minimum atomic E-state index is -0.164. The van der Waals surface area contributed by atoms with Crippen LogP contribution in [0.2, 0.25) is 5.02 Å². The molecular formula is C20H16BrClN4O2S. The Kier molecular flexibility index (Phi) is 5.84. The number of aromatic nitrogens is 3. The van der Waals surface area contributed by atoms with E-state index in [1.165, 1.54) is 11.3 Å². The van der Waals surface area contributed by atoms with Crippen LogP contribution in [0, 0.1) is 6.92 Å². The van der Waals surface area contributed by atoms with Crippen LogP contribution >= 0.6 is 38.9 Å². The van der Waals surface area contributed by atoms with E-state index in [1.807, 2.05) is 29.7 Å². The Morgan fingerprint density at radius 2 is 2.07 bits per heavy atom. The minimum absolute atomic E-state index is 0.164. The second kappa shape index (κ2) is 8.52. The van der Waals surface area contributed by atoms with Crippen molar-refractivity contribution in [2.24, 2.45) is 0 Å². The summed E-state index contributed by atoms with van der Waals surface area (Å²) in [6.45, 7) is 2.48. The molecule has 1 amide bonds. The first kappa shape index (κ1) is 19.9. The van der Waals surface area contributed by atoms with Crippen molar-refractivity contribution in [1.82, 2.24) is 19.7 Å². The molecule has 0 fully saturated rings. The second-order valence-corrected chi connectivity index (χ2v) is 8.71. The molecule has 0 atom stereocenters. The zero-order valence-electron chi connectivity index (χ0n) is 15.4. The highest BCUT2D eigenvalue weighted by atomic mass is 79.9. The average Bonchev–Trinajstić information content (AvgIpc) is 3.28. The number of nitrogens with one attached hydrogen (secondary N) is 1. The molecule has 1 aromatic carbocycles. The van der Waals surface area contributed by atoms with E-state index in [0.717, 1.165) is 20.8 Å². The van der Waals surface area contributed by atoms with Gasteiger partial charge in [-0.15, -0.1) is 11.3 Å². The Hall–Kier alpha value is -2.42. The Labute approximate surface area is 184 Å². The molecule has 3 aromatic heterocycles. The van der Waals surface area contributed by atoms with E-state index in [-0.39, 0.29) is 5.91 Å². The molecule has 3 heterocycles. The molecule has 9 heteroatoms. The first-order valence-electron chi connectivity index (χ1n) is 8.74. The number of imidazole rings is 1. The molecule has 148 valence electrons. The monoisotopic (exact) mass is 490 g/mol. The number of hydrogen-bond acceptors (Lipinski definition) is 5. The van der Waals surface area contributed by atoms with Gasteiger partial charge in [0.25, 0.3) is 5.91 Å². The van der Waals surface area contributed by atoms with Crippen LogP contribution in [0.25, 0.3) is 5.65 Å². The smallest absolute Gasteiger partial charge is 0.263 e. The predicted molar refractivity (Wildman–Crippen MR) is 117 cm³/mol. The number of fused-ring (bicyclic) bond motifs is 1. The molecule has 0 saturated heterocycles. The normalized spacial score (nSPS) is 11.0. The molecule has 4 aromatic rings. The summed E-state index contributed by atoms with van der Waals surface area (Å²) < 4.78 is 8.60. The number of benzene rings is 1. The van der Waals surface area contributed by atoms with E-state index >= 15 is 0 Å². The standard InChI is InChI=1S/C20H16BrClN4O2S/c1-12-19(29-18(25-12)11-28-16-5-3-14(22)4-6-16)20(27)24-9-15-8-23-17-7-2-13(21)10-26(15)17/h2-8,10H,9,11H2,1H3,(H,24,27). The van der Waals surface area contributed by atoms with Crippen LogP contribution in [-0.2, 0) is 13.2 Å². The van der Waals surface area contributed by atoms with E-state index in [9.17, 15) is 4.79 Å². The molecule has 4 rings (SSSR count). The van der Waals surface area contributed by atoms with Gasteiger partial charge in [-0.2, -0.15) is 0 Å². The maximum absolute atomic E-state index is 12.7. The van der Waals surface area contributed by atoms with Crippen LogP contribution in [0.3, 0.4) is 0 Å². The number of hydrogen-bond donors (Lipinski definition) is 1. The molecule has 0 spiro atoms. The van der Waals surface area contributed by atoms with Gasteiger partial charge in [0.1, 0.15) is 27.9 Å². The van der Waals surface area contributed by atoms with Crippen molar-refractivity contribution in [1.29, 1.82) is 0 Å². The topological polar surface area (TPSA) is 68.5 Å². The van der Waals surface area contributed by atoms with Gasteiger partial charge in [0.2, 0.25) is 0 Å². The molecule has 0 aliphatic carbocycles. The summed E-state index contributed by atoms with van der Waals surface area (Å²) in [5.41, 5.74) is 2.40. The van der Waals surface area contributed by atoms with Crippen LogP contribution in [0.5, 0.6) is 5.75 Å². The van der Waals surface area contributed by atoms with Gasteiger partial charge in [0.15, 0.2) is 0 Å². The average molecular weight is 492 g/mol. The lowest BCUT2D eigenvalue weighted by molar-refractivity contribution is 0.0953. The third-order valence-electron chi connectivity index (χ3n) is 4.20. The number of carbonyl (C=O) groups excluding carboxylic acids is 1.